The molecule has 2 aromatic carbocycles. The van der Waals surface area contributed by atoms with Gasteiger partial charge in [0.05, 0.1) is 5.56 Å². The van der Waals surface area contributed by atoms with Crippen molar-refractivity contribution >= 4 is 11.6 Å². The average Bonchev–Trinajstić information content (AvgIpc) is 2.52. The molecule has 126 valence electrons. The lowest BCUT2D eigenvalue weighted by atomic mass is 10.0. The number of para-hydroxylation sites is 1. The average molecular weight is 338 g/mol. The first-order valence-corrected chi connectivity index (χ1v) is 7.01. The van der Waals surface area contributed by atoms with Crippen molar-refractivity contribution in [3.63, 3.8) is 0 Å². The highest BCUT2D eigenvalue weighted by atomic mass is 19.4. The molecule has 1 heterocycles. The molecule has 0 unspecified atom stereocenters. The third kappa shape index (κ3) is 2.94. The van der Waals surface area contributed by atoms with Crippen molar-refractivity contribution in [1.82, 2.24) is 4.90 Å². The summed E-state index contributed by atoms with van der Waals surface area (Å²) < 4.78 is 38.7. The van der Waals surface area contributed by atoms with Crippen molar-refractivity contribution in [3.05, 3.63) is 53.6 Å². The van der Waals surface area contributed by atoms with Crippen molar-refractivity contribution in [2.45, 2.75) is 12.3 Å². The third-order valence-electron chi connectivity index (χ3n) is 3.69. The smallest absolute Gasteiger partial charge is 0.406 e. The van der Waals surface area contributed by atoms with E-state index in [2.05, 4.69) is 5.32 Å². The highest BCUT2D eigenvalue weighted by Gasteiger charge is 2.40. The Morgan fingerprint density at radius 2 is 1.79 bits per heavy atom. The maximum atomic E-state index is 12.9. The summed E-state index contributed by atoms with van der Waals surface area (Å²) in [7, 11) is 0. The van der Waals surface area contributed by atoms with Crippen LogP contribution >= 0.6 is 0 Å². The first-order valence-electron chi connectivity index (χ1n) is 7.01. The predicted octanol–water partition coefficient (Wildman–Crippen LogP) is 3.23. The lowest BCUT2D eigenvalue weighted by molar-refractivity contribution is -0.144. The number of fused-ring (bicyclic) bond motifs is 1. The second-order valence-corrected chi connectivity index (χ2v) is 5.39. The highest BCUT2D eigenvalue weighted by molar-refractivity contribution is 6.01. The lowest BCUT2D eigenvalue weighted by Gasteiger charge is -2.38. The van der Waals surface area contributed by atoms with Crippen LogP contribution in [0.5, 0.6) is 11.5 Å². The molecule has 0 aliphatic carbocycles. The normalized spacial score (nSPS) is 17.4. The summed E-state index contributed by atoms with van der Waals surface area (Å²) in [5, 5.41) is 21.9. The quantitative estimate of drug-likeness (QED) is 0.735. The van der Waals surface area contributed by atoms with Gasteiger partial charge in [-0.1, -0.05) is 18.2 Å². The van der Waals surface area contributed by atoms with Crippen LogP contribution in [0.4, 0.5) is 18.9 Å². The molecule has 5 nitrogen and oxygen atoms in total. The van der Waals surface area contributed by atoms with Crippen LogP contribution in [0.1, 0.15) is 22.1 Å². The van der Waals surface area contributed by atoms with Gasteiger partial charge >= 0.3 is 6.18 Å². The fourth-order valence-corrected chi connectivity index (χ4v) is 2.62. The molecule has 1 atom stereocenters. The van der Waals surface area contributed by atoms with Crippen molar-refractivity contribution in [2.75, 3.05) is 11.9 Å². The van der Waals surface area contributed by atoms with Crippen LogP contribution in [0.25, 0.3) is 0 Å². The predicted molar refractivity (Wildman–Crippen MR) is 79.7 cm³/mol. The van der Waals surface area contributed by atoms with Crippen LogP contribution in [0.3, 0.4) is 0 Å². The molecule has 0 spiro atoms. The molecule has 1 aliphatic rings. The maximum absolute atomic E-state index is 12.9. The molecule has 1 aliphatic heterocycles. The summed E-state index contributed by atoms with van der Waals surface area (Å²) in [6.07, 6.45) is -5.71. The van der Waals surface area contributed by atoms with Gasteiger partial charge in [-0.25, -0.2) is 0 Å². The number of rotatable bonds is 2. The van der Waals surface area contributed by atoms with Gasteiger partial charge in [-0.3, -0.25) is 4.79 Å². The minimum atomic E-state index is -4.58. The fraction of sp³-hybridized carbons (Fsp3) is 0.188. The van der Waals surface area contributed by atoms with Gasteiger partial charge in [-0.2, -0.15) is 13.2 Å². The van der Waals surface area contributed by atoms with E-state index >= 15 is 0 Å². The SMILES string of the molecule is O=C1c2ccccc2N[C@H](c2ccc(O)c(O)c2)N1CC(F)(F)F. The Morgan fingerprint density at radius 3 is 2.46 bits per heavy atom. The van der Waals surface area contributed by atoms with E-state index in [1.54, 1.807) is 18.2 Å². The monoisotopic (exact) mass is 338 g/mol. The number of hydrogen-bond donors (Lipinski definition) is 3. The number of anilines is 1. The first kappa shape index (κ1) is 16.0. The molecule has 3 N–H and O–H groups in total. The Morgan fingerprint density at radius 1 is 1.08 bits per heavy atom. The number of aromatic hydroxyl groups is 2. The lowest BCUT2D eigenvalue weighted by Crippen LogP contribution is -2.47. The zero-order valence-corrected chi connectivity index (χ0v) is 12.2. The minimum absolute atomic E-state index is 0.140. The third-order valence-corrected chi connectivity index (χ3v) is 3.69. The van der Waals surface area contributed by atoms with Crippen molar-refractivity contribution < 1.29 is 28.2 Å². The van der Waals surface area contributed by atoms with Gasteiger partial charge in [-0.15, -0.1) is 0 Å². The molecule has 2 aromatic rings. The summed E-state index contributed by atoms with van der Waals surface area (Å²) in [4.78, 5) is 13.2. The summed E-state index contributed by atoms with van der Waals surface area (Å²) in [6.45, 7) is -1.44. The molecular weight excluding hydrogens is 325 g/mol. The molecule has 0 fully saturated rings. The number of benzene rings is 2. The number of phenols is 2. The minimum Gasteiger partial charge on any atom is -0.504 e. The Labute approximate surface area is 134 Å². The highest BCUT2D eigenvalue weighted by Crippen LogP contribution is 2.37. The van der Waals surface area contributed by atoms with Gasteiger partial charge in [0.15, 0.2) is 11.5 Å². The molecule has 8 heteroatoms. The summed E-state index contributed by atoms with van der Waals surface area (Å²) in [5.41, 5.74) is 0.761. The van der Waals surface area contributed by atoms with Gasteiger partial charge in [-0.05, 0) is 29.8 Å². The van der Waals surface area contributed by atoms with Crippen molar-refractivity contribution in [2.24, 2.45) is 0 Å². The molecule has 0 radical (unpaired) electrons. The van der Waals surface area contributed by atoms with Crippen LogP contribution < -0.4 is 5.32 Å². The molecule has 1 amide bonds. The van der Waals surface area contributed by atoms with Crippen LogP contribution in [0.2, 0.25) is 0 Å². The number of hydrogen-bond acceptors (Lipinski definition) is 4. The van der Waals surface area contributed by atoms with E-state index in [0.717, 1.165) is 12.1 Å². The molecule has 0 saturated carbocycles. The second kappa shape index (κ2) is 5.63. The molecular formula is C16H13F3N2O3. The van der Waals surface area contributed by atoms with Gasteiger partial charge in [0.2, 0.25) is 0 Å². The van der Waals surface area contributed by atoms with E-state index in [1.807, 2.05) is 0 Å². The molecule has 3 rings (SSSR count). The molecule has 0 bridgehead atoms. The van der Waals surface area contributed by atoms with Crippen LogP contribution in [0.15, 0.2) is 42.5 Å². The number of phenolic OH excluding ortho intramolecular Hbond substituents is 2. The van der Waals surface area contributed by atoms with Crippen LogP contribution in [-0.4, -0.2) is 33.7 Å². The van der Waals surface area contributed by atoms with Crippen molar-refractivity contribution in [3.8, 4) is 11.5 Å². The Balaban J connectivity index is 2.07. The van der Waals surface area contributed by atoms with E-state index in [1.165, 1.54) is 12.1 Å². The number of nitrogens with one attached hydrogen (secondary N) is 1. The van der Waals surface area contributed by atoms with E-state index in [9.17, 15) is 28.2 Å². The fourth-order valence-electron chi connectivity index (χ4n) is 2.62. The number of amides is 1. The van der Waals surface area contributed by atoms with E-state index < -0.39 is 36.3 Å². The van der Waals surface area contributed by atoms with Crippen molar-refractivity contribution in [1.29, 1.82) is 0 Å². The molecule has 24 heavy (non-hydrogen) atoms. The standard InChI is InChI=1S/C16H13F3N2O3/c17-16(18,19)8-21-14(9-5-6-12(22)13(23)7-9)20-11-4-2-1-3-10(11)15(21)24/h1-7,14,20,22-23H,8H2/t14-/m0/s1. The zero-order chi connectivity index (χ0) is 17.5. The molecule has 0 aromatic heterocycles. The van der Waals surface area contributed by atoms with Gasteiger partial charge in [0.1, 0.15) is 12.7 Å². The van der Waals surface area contributed by atoms with E-state index in [4.69, 9.17) is 0 Å². The number of carbonyl (C=O) groups is 1. The maximum Gasteiger partial charge on any atom is 0.406 e. The number of halogens is 3. The number of alkyl halides is 3. The largest absolute Gasteiger partial charge is 0.504 e. The Kier molecular flexibility index (Phi) is 3.75. The molecule has 0 saturated heterocycles. The second-order valence-electron chi connectivity index (χ2n) is 5.39. The zero-order valence-electron chi connectivity index (χ0n) is 12.2. The van der Waals surface area contributed by atoms with Crippen LogP contribution in [-0.2, 0) is 0 Å². The van der Waals surface area contributed by atoms with Gasteiger partial charge in [0.25, 0.3) is 5.91 Å². The Bertz CT molecular complexity index is 792. The summed E-state index contributed by atoms with van der Waals surface area (Å²) >= 11 is 0. The van der Waals surface area contributed by atoms with Gasteiger partial charge < -0.3 is 20.4 Å². The summed E-state index contributed by atoms with van der Waals surface area (Å²) in [6, 6.07) is 9.88. The van der Waals surface area contributed by atoms with Gasteiger partial charge in [0, 0.05) is 5.69 Å². The topological polar surface area (TPSA) is 72.8 Å². The number of nitrogens with zero attached hydrogens (tertiary/aromatic N) is 1. The Hall–Kier alpha value is -2.90. The summed E-state index contributed by atoms with van der Waals surface area (Å²) in [5.74, 6) is -1.64. The number of carbonyl (C=O) groups excluding carboxylic acids is 1. The van der Waals surface area contributed by atoms with E-state index in [0.29, 0.717) is 10.6 Å². The van der Waals surface area contributed by atoms with E-state index in [-0.39, 0.29) is 11.1 Å². The first-order chi connectivity index (χ1) is 11.3. The van der Waals surface area contributed by atoms with Crippen LogP contribution in [0, 0.1) is 0 Å².